The quantitative estimate of drug-likeness (QED) is 0.759. The highest BCUT2D eigenvalue weighted by atomic mass is 19.1. The number of hydrogen-bond acceptors (Lipinski definition) is 2. The number of fused-ring (bicyclic) bond motifs is 1. The summed E-state index contributed by atoms with van der Waals surface area (Å²) < 4.78 is 13.5. The molecule has 0 radical (unpaired) electrons. The van der Waals surface area contributed by atoms with Crippen molar-refractivity contribution in [2.75, 3.05) is 12.4 Å². The number of hydrogen-bond donors (Lipinski definition) is 2. The van der Waals surface area contributed by atoms with Crippen LogP contribution >= 0.6 is 0 Å². The monoisotopic (exact) mass is 222 g/mol. The minimum Gasteiger partial charge on any atom is -0.341 e. The molecule has 1 aliphatic rings. The van der Waals surface area contributed by atoms with Crippen molar-refractivity contribution in [1.82, 2.24) is 5.32 Å². The van der Waals surface area contributed by atoms with Crippen molar-refractivity contribution < 1.29 is 14.0 Å². The van der Waals surface area contributed by atoms with Gasteiger partial charge in [0.05, 0.1) is 5.69 Å². The van der Waals surface area contributed by atoms with Crippen LogP contribution in [0, 0.1) is 5.82 Å². The summed E-state index contributed by atoms with van der Waals surface area (Å²) in [6.07, 6.45) is 1.02. The Morgan fingerprint density at radius 1 is 1.38 bits per heavy atom. The lowest BCUT2D eigenvalue weighted by Crippen LogP contribution is -2.25. The Morgan fingerprint density at radius 2 is 2.12 bits per heavy atom. The van der Waals surface area contributed by atoms with Gasteiger partial charge in [-0.3, -0.25) is 4.79 Å². The van der Waals surface area contributed by atoms with E-state index in [9.17, 15) is 14.0 Å². The largest absolute Gasteiger partial charge is 0.341 e. The number of rotatable bonds is 1. The molecule has 84 valence electrons. The third-order valence-electron chi connectivity index (χ3n) is 2.59. The molecule has 1 aromatic rings. The second-order valence-corrected chi connectivity index (χ2v) is 3.62. The van der Waals surface area contributed by atoms with E-state index in [1.807, 2.05) is 0 Å². The Morgan fingerprint density at radius 3 is 2.81 bits per heavy atom. The predicted molar refractivity (Wildman–Crippen MR) is 57.1 cm³/mol. The van der Waals surface area contributed by atoms with Crippen molar-refractivity contribution in [3.8, 4) is 0 Å². The third kappa shape index (κ3) is 1.76. The van der Waals surface area contributed by atoms with Crippen LogP contribution in [0.1, 0.15) is 22.3 Å². The van der Waals surface area contributed by atoms with Crippen molar-refractivity contribution >= 4 is 17.5 Å². The first-order valence-electron chi connectivity index (χ1n) is 4.96. The molecular weight excluding hydrogens is 211 g/mol. The highest BCUT2D eigenvalue weighted by Crippen LogP contribution is 2.27. The van der Waals surface area contributed by atoms with Crippen LogP contribution in [0.2, 0.25) is 0 Å². The van der Waals surface area contributed by atoms with Crippen LogP contribution in [0.4, 0.5) is 14.9 Å². The molecule has 2 N–H and O–H groups in total. The van der Waals surface area contributed by atoms with E-state index < -0.39 is 11.8 Å². The molecule has 0 spiro atoms. The molecule has 0 saturated heterocycles. The number of urea groups is 1. The van der Waals surface area contributed by atoms with Gasteiger partial charge in [-0.25, -0.2) is 9.18 Å². The average molecular weight is 222 g/mol. The van der Waals surface area contributed by atoms with E-state index in [1.165, 1.54) is 19.2 Å². The normalized spacial score (nSPS) is 13.5. The summed E-state index contributed by atoms with van der Waals surface area (Å²) >= 11 is 0. The molecule has 2 amide bonds. The Hall–Kier alpha value is -1.91. The number of carbonyl (C=O) groups is 2. The Labute approximate surface area is 91.8 Å². The predicted octanol–water partition coefficient (Wildman–Crippen LogP) is 1.71. The Bertz CT molecular complexity index is 471. The van der Waals surface area contributed by atoms with Crippen molar-refractivity contribution in [2.45, 2.75) is 12.8 Å². The molecule has 0 aromatic heterocycles. The Kier molecular flexibility index (Phi) is 2.60. The van der Waals surface area contributed by atoms with Gasteiger partial charge in [0.1, 0.15) is 5.82 Å². The van der Waals surface area contributed by atoms with E-state index in [0.29, 0.717) is 18.4 Å². The van der Waals surface area contributed by atoms with Crippen LogP contribution < -0.4 is 10.6 Å². The number of halogens is 1. The van der Waals surface area contributed by atoms with Crippen molar-refractivity contribution in [3.05, 3.63) is 29.1 Å². The number of aryl methyl sites for hydroxylation is 1. The fourth-order valence-corrected chi connectivity index (χ4v) is 1.75. The molecule has 1 aromatic carbocycles. The Balaban J connectivity index is 2.35. The number of nitrogens with one attached hydrogen (secondary N) is 2. The van der Waals surface area contributed by atoms with Gasteiger partial charge in [0, 0.05) is 19.0 Å². The van der Waals surface area contributed by atoms with Gasteiger partial charge in [0.25, 0.3) is 0 Å². The molecular formula is C11H11FN2O2. The van der Waals surface area contributed by atoms with E-state index in [1.54, 1.807) is 0 Å². The summed E-state index contributed by atoms with van der Waals surface area (Å²) in [5.74, 6) is -0.627. The molecule has 0 fully saturated rings. The second-order valence-electron chi connectivity index (χ2n) is 3.62. The van der Waals surface area contributed by atoms with Gasteiger partial charge in [0.2, 0.25) is 0 Å². The summed E-state index contributed by atoms with van der Waals surface area (Å²) in [6.45, 7) is 0. The van der Waals surface area contributed by atoms with Gasteiger partial charge in [-0.2, -0.15) is 0 Å². The molecule has 16 heavy (non-hydrogen) atoms. The third-order valence-corrected chi connectivity index (χ3v) is 2.59. The maximum atomic E-state index is 13.5. The topological polar surface area (TPSA) is 58.2 Å². The molecule has 0 atom stereocenters. The highest BCUT2D eigenvalue weighted by Gasteiger charge is 2.22. The number of ketones is 1. The first-order valence-corrected chi connectivity index (χ1v) is 4.96. The number of benzene rings is 1. The van der Waals surface area contributed by atoms with Crippen LogP contribution in [0.25, 0.3) is 0 Å². The summed E-state index contributed by atoms with van der Waals surface area (Å²) in [5, 5.41) is 4.70. The zero-order chi connectivity index (χ0) is 11.7. The maximum absolute atomic E-state index is 13.5. The average Bonchev–Trinajstić information content (AvgIpc) is 2.61. The molecule has 0 unspecified atom stereocenters. The van der Waals surface area contributed by atoms with Crippen molar-refractivity contribution in [3.63, 3.8) is 0 Å². The SMILES string of the molecule is CNC(=O)Nc1cc2c(cc1F)C(=O)CC2. The van der Waals surface area contributed by atoms with Gasteiger partial charge >= 0.3 is 6.03 Å². The van der Waals surface area contributed by atoms with Gasteiger partial charge in [-0.1, -0.05) is 0 Å². The van der Waals surface area contributed by atoms with Crippen LogP contribution in [0.15, 0.2) is 12.1 Å². The highest BCUT2D eigenvalue weighted by molar-refractivity contribution is 6.01. The zero-order valence-corrected chi connectivity index (χ0v) is 8.76. The minimum atomic E-state index is -0.586. The molecule has 4 nitrogen and oxygen atoms in total. The number of carbonyl (C=O) groups excluding carboxylic acids is 2. The molecule has 5 heteroatoms. The summed E-state index contributed by atoms with van der Waals surface area (Å²) in [7, 11) is 1.45. The lowest BCUT2D eigenvalue weighted by Gasteiger charge is -2.07. The number of amides is 2. The first kappa shape index (κ1) is 10.6. The van der Waals surface area contributed by atoms with Gasteiger partial charge in [-0.15, -0.1) is 0 Å². The van der Waals surface area contributed by atoms with Crippen LogP contribution in [-0.2, 0) is 6.42 Å². The maximum Gasteiger partial charge on any atom is 0.319 e. The lowest BCUT2D eigenvalue weighted by atomic mass is 10.1. The second kappa shape index (κ2) is 3.92. The fourth-order valence-electron chi connectivity index (χ4n) is 1.75. The van der Waals surface area contributed by atoms with Gasteiger partial charge < -0.3 is 10.6 Å². The summed E-state index contributed by atoms with van der Waals surface area (Å²) in [5.41, 5.74) is 1.32. The van der Waals surface area contributed by atoms with Crippen molar-refractivity contribution in [1.29, 1.82) is 0 Å². The molecule has 0 aliphatic heterocycles. The van der Waals surface area contributed by atoms with E-state index in [2.05, 4.69) is 10.6 Å². The van der Waals surface area contributed by atoms with Crippen LogP contribution in [-0.4, -0.2) is 18.9 Å². The molecule has 0 saturated carbocycles. The van der Waals surface area contributed by atoms with E-state index in [0.717, 1.165) is 5.56 Å². The standard InChI is InChI=1S/C11H11FN2O2/c1-13-11(16)14-9-4-6-2-3-10(15)7(6)5-8(9)12/h4-5H,2-3H2,1H3,(H2,13,14,16). The molecule has 0 bridgehead atoms. The smallest absolute Gasteiger partial charge is 0.319 e. The van der Waals surface area contributed by atoms with E-state index in [4.69, 9.17) is 0 Å². The summed E-state index contributed by atoms with van der Waals surface area (Å²) in [6, 6.07) is 2.23. The van der Waals surface area contributed by atoms with Crippen LogP contribution in [0.5, 0.6) is 0 Å². The molecule has 2 rings (SSSR count). The zero-order valence-electron chi connectivity index (χ0n) is 8.76. The van der Waals surface area contributed by atoms with Gasteiger partial charge in [0.15, 0.2) is 5.78 Å². The first-order chi connectivity index (χ1) is 7.61. The van der Waals surface area contributed by atoms with Crippen LogP contribution in [0.3, 0.4) is 0 Å². The van der Waals surface area contributed by atoms with E-state index >= 15 is 0 Å². The molecule has 0 heterocycles. The van der Waals surface area contributed by atoms with E-state index in [-0.39, 0.29) is 11.5 Å². The summed E-state index contributed by atoms with van der Waals surface area (Å²) in [4.78, 5) is 22.4. The minimum absolute atomic E-state index is 0.0413. The number of anilines is 1. The van der Waals surface area contributed by atoms with Gasteiger partial charge in [-0.05, 0) is 24.1 Å². The fraction of sp³-hybridized carbons (Fsp3) is 0.273. The van der Waals surface area contributed by atoms with Crippen molar-refractivity contribution in [2.24, 2.45) is 0 Å². The molecule has 1 aliphatic carbocycles. The number of Topliss-reactive ketones (excluding diaryl/α,β-unsaturated/α-hetero) is 1. The lowest BCUT2D eigenvalue weighted by molar-refractivity contribution is 0.0994.